The normalized spacial score (nSPS) is 26.0. The molecule has 2 amide bonds. The van der Waals surface area contributed by atoms with Gasteiger partial charge in [0.2, 0.25) is 11.6 Å². The number of rotatable bonds is 4. The monoisotopic (exact) mass is 538 g/mol. The molecule has 2 fully saturated rings. The number of morpholine rings is 1. The number of alkyl halides is 3. The van der Waals surface area contributed by atoms with E-state index in [1.165, 1.54) is 12.1 Å². The highest BCUT2D eigenvalue weighted by atomic mass is 19.4. The molecule has 2 saturated heterocycles. The number of hydrogen-bond acceptors (Lipinski definition) is 7. The van der Waals surface area contributed by atoms with Crippen molar-refractivity contribution in [2.24, 2.45) is 15.8 Å². The number of carbonyl (C=O) groups excluding carboxylic acids is 2. The summed E-state index contributed by atoms with van der Waals surface area (Å²) in [6, 6.07) is 8.03. The second-order valence-electron chi connectivity index (χ2n) is 9.58. The van der Waals surface area contributed by atoms with Crippen molar-refractivity contribution < 1.29 is 32.1 Å². The van der Waals surface area contributed by atoms with Gasteiger partial charge in [-0.2, -0.15) is 24.0 Å². The molecule has 3 atom stereocenters. The van der Waals surface area contributed by atoms with Crippen molar-refractivity contribution in [3.05, 3.63) is 83.1 Å². The number of benzene rings is 1. The van der Waals surface area contributed by atoms with Crippen LogP contribution < -0.4 is 11.2 Å². The number of aliphatic imine (C=N–C) groups is 2. The molecule has 6 rings (SSSR count). The van der Waals surface area contributed by atoms with E-state index in [0.29, 0.717) is 42.4 Å². The largest absolute Gasteiger partial charge is 0.416 e. The van der Waals surface area contributed by atoms with Crippen LogP contribution in [-0.4, -0.2) is 63.6 Å². The fourth-order valence-electron chi connectivity index (χ4n) is 5.12. The fraction of sp³-hybridized carbons (Fsp3) is 0.269. The second kappa shape index (κ2) is 9.22. The molecule has 0 saturated carbocycles. The zero-order valence-corrected chi connectivity index (χ0v) is 20.4. The molecule has 0 radical (unpaired) electrons. The van der Waals surface area contributed by atoms with Crippen LogP contribution in [-0.2, 0) is 15.7 Å². The van der Waals surface area contributed by atoms with Crippen LogP contribution in [0.2, 0.25) is 0 Å². The number of quaternary nitrogens is 1. The number of carbonyl (C=O) groups is 2. The fourth-order valence-corrected chi connectivity index (χ4v) is 5.12. The number of nitrogens with zero attached hydrogens (tertiary/aromatic N) is 5. The Morgan fingerprint density at radius 3 is 2.77 bits per heavy atom. The molecule has 10 nitrogen and oxygen atoms in total. The highest BCUT2D eigenvalue weighted by molar-refractivity contribution is 6.05. The van der Waals surface area contributed by atoms with Gasteiger partial charge in [0.25, 0.3) is 11.7 Å². The summed E-state index contributed by atoms with van der Waals surface area (Å²) in [7, 11) is 0. The topological polar surface area (TPSA) is 122 Å². The van der Waals surface area contributed by atoms with E-state index >= 15 is 0 Å². The number of allylic oxidation sites excluding steroid dienone is 1. The van der Waals surface area contributed by atoms with Crippen molar-refractivity contribution in [2.75, 3.05) is 18.5 Å². The average molecular weight is 539 g/mol. The van der Waals surface area contributed by atoms with Crippen LogP contribution in [0, 0.1) is 0 Å². The molecule has 3 N–H and O–H groups in total. The van der Waals surface area contributed by atoms with Crippen molar-refractivity contribution in [1.82, 2.24) is 9.88 Å². The van der Waals surface area contributed by atoms with Crippen LogP contribution in [0.15, 0.2) is 76.4 Å². The minimum Gasteiger partial charge on any atom is -0.368 e. The third-order valence-electron chi connectivity index (χ3n) is 7.17. The van der Waals surface area contributed by atoms with Crippen LogP contribution in [0.1, 0.15) is 34.3 Å². The summed E-state index contributed by atoms with van der Waals surface area (Å²) in [5.41, 5.74) is 1.10. The van der Waals surface area contributed by atoms with Crippen molar-refractivity contribution in [3.63, 3.8) is 0 Å². The van der Waals surface area contributed by atoms with Crippen LogP contribution in [0.5, 0.6) is 0 Å². The summed E-state index contributed by atoms with van der Waals surface area (Å²) in [4.78, 5) is 39.7. The summed E-state index contributed by atoms with van der Waals surface area (Å²) in [5, 5.41) is 2.39. The number of pyridine rings is 1. The second-order valence-corrected chi connectivity index (χ2v) is 9.58. The molecule has 0 spiro atoms. The Balaban J connectivity index is 1.24. The number of anilines is 1. The quantitative estimate of drug-likeness (QED) is 0.458. The van der Waals surface area contributed by atoms with Crippen molar-refractivity contribution in [2.45, 2.75) is 31.2 Å². The number of fused-ring (bicyclic) bond motifs is 2. The molecule has 13 heteroatoms. The lowest BCUT2D eigenvalue weighted by Gasteiger charge is -2.35. The minimum atomic E-state index is -4.55. The Labute approximate surface area is 220 Å². The number of halogens is 3. The summed E-state index contributed by atoms with van der Waals surface area (Å²) in [5.74, 6) is 6.50. The number of hydrogen-bond donors (Lipinski definition) is 2. The van der Waals surface area contributed by atoms with Gasteiger partial charge >= 0.3 is 6.18 Å². The number of nitrogens with one attached hydrogen (secondary N) is 1. The van der Waals surface area contributed by atoms with E-state index in [2.05, 4.69) is 15.3 Å². The predicted octanol–water partition coefficient (Wildman–Crippen LogP) is 2.96. The Morgan fingerprint density at radius 2 is 2.00 bits per heavy atom. The maximum Gasteiger partial charge on any atom is 0.416 e. The first-order valence-electron chi connectivity index (χ1n) is 12.2. The minimum absolute atomic E-state index is 0.0751. The summed E-state index contributed by atoms with van der Waals surface area (Å²) < 4.78 is 44.8. The smallest absolute Gasteiger partial charge is 0.368 e. The third-order valence-corrected chi connectivity index (χ3v) is 7.17. The molecule has 39 heavy (non-hydrogen) atoms. The van der Waals surface area contributed by atoms with E-state index in [9.17, 15) is 22.8 Å². The summed E-state index contributed by atoms with van der Waals surface area (Å²) in [6.07, 6.45) is 2.10. The Kier molecular flexibility index (Phi) is 5.93. The van der Waals surface area contributed by atoms with Crippen molar-refractivity contribution >= 4 is 29.7 Å². The van der Waals surface area contributed by atoms with Crippen LogP contribution in [0.25, 0.3) is 0 Å². The molecule has 200 valence electrons. The molecule has 1 aromatic heterocycles. The Bertz CT molecular complexity index is 1480. The van der Waals surface area contributed by atoms with Gasteiger partial charge in [0.05, 0.1) is 42.7 Å². The predicted molar refractivity (Wildman–Crippen MR) is 134 cm³/mol. The van der Waals surface area contributed by atoms with E-state index in [-0.39, 0.29) is 27.9 Å². The van der Waals surface area contributed by atoms with E-state index in [1.807, 2.05) is 4.90 Å². The standard InChI is InChI=1S/C26H22F3N7O3/c27-26(28,29)17-7-8-32-21(11-17)33-25(38)16-3-1-15(2-4-16)24-34-23(19-12-31-9-10-36(19,24)30)20-13-35-18(14-39-20)5-6-22(35)37/h1-4,7-12,18,20H,5-6,13-14,30H2/p+1/t18-,20-,36?/m1/s1. The lowest BCUT2D eigenvalue weighted by Crippen LogP contribution is -2.53. The molecule has 5 heterocycles. The lowest BCUT2D eigenvalue weighted by atomic mass is 10.1. The average Bonchev–Trinajstić information content (AvgIpc) is 3.45. The molecular formula is C26H23F3N7O3+. The number of amides is 2. The molecular weight excluding hydrogens is 515 g/mol. The molecule has 1 unspecified atom stereocenters. The summed E-state index contributed by atoms with van der Waals surface area (Å²) in [6.45, 7) is 0.791. The molecule has 0 bridgehead atoms. The van der Waals surface area contributed by atoms with Crippen LogP contribution >= 0.6 is 0 Å². The van der Waals surface area contributed by atoms with E-state index in [1.54, 1.807) is 30.7 Å². The van der Waals surface area contributed by atoms with Gasteiger partial charge in [-0.1, -0.05) is 0 Å². The van der Waals surface area contributed by atoms with Gasteiger partial charge in [0, 0.05) is 18.2 Å². The molecule has 0 aliphatic carbocycles. The van der Waals surface area contributed by atoms with Gasteiger partial charge in [-0.25, -0.2) is 4.98 Å². The first-order chi connectivity index (χ1) is 18.6. The highest BCUT2D eigenvalue weighted by Gasteiger charge is 2.48. The number of amidine groups is 1. The van der Waals surface area contributed by atoms with E-state index in [0.717, 1.165) is 24.8 Å². The van der Waals surface area contributed by atoms with Crippen LogP contribution in [0.4, 0.5) is 19.0 Å². The van der Waals surface area contributed by atoms with Crippen molar-refractivity contribution in [3.8, 4) is 0 Å². The third kappa shape index (κ3) is 4.43. The molecule has 4 aliphatic heterocycles. The lowest BCUT2D eigenvalue weighted by molar-refractivity contribution is -0.750. The van der Waals surface area contributed by atoms with Gasteiger partial charge in [0.15, 0.2) is 0 Å². The maximum atomic E-state index is 13.0. The number of nitrogens with two attached hydrogens (primary N) is 1. The number of aromatic nitrogens is 1. The van der Waals surface area contributed by atoms with Gasteiger partial charge in [-0.05, 0) is 42.8 Å². The van der Waals surface area contributed by atoms with Gasteiger partial charge in [-0.15, -0.1) is 4.59 Å². The SMILES string of the molecule is N[N+]12C=CN=CC1=C([C@H]1CN3C(=O)CC[C@@H]3CO1)N=C2c1ccc(C(=O)Nc2cc(C(F)(F)F)ccn2)cc1. The zero-order chi connectivity index (χ0) is 27.4. The Hall–Kier alpha value is -4.20. The first kappa shape index (κ1) is 25.1. The van der Waals surface area contributed by atoms with Crippen molar-refractivity contribution in [1.29, 1.82) is 0 Å². The summed E-state index contributed by atoms with van der Waals surface area (Å²) >= 11 is 0. The first-order valence-corrected chi connectivity index (χ1v) is 12.2. The highest BCUT2D eigenvalue weighted by Crippen LogP contribution is 2.36. The van der Waals surface area contributed by atoms with Gasteiger partial charge < -0.3 is 15.0 Å². The Morgan fingerprint density at radius 1 is 1.21 bits per heavy atom. The van der Waals surface area contributed by atoms with Crippen LogP contribution in [0.3, 0.4) is 0 Å². The number of ether oxygens (including phenoxy) is 1. The van der Waals surface area contributed by atoms with E-state index in [4.69, 9.17) is 15.6 Å². The maximum absolute atomic E-state index is 13.0. The molecule has 2 aromatic rings. The molecule has 4 aliphatic rings. The zero-order valence-electron chi connectivity index (χ0n) is 20.4. The van der Waals surface area contributed by atoms with Gasteiger partial charge in [0.1, 0.15) is 23.8 Å². The molecule has 1 aromatic carbocycles. The van der Waals surface area contributed by atoms with Gasteiger partial charge in [-0.3, -0.25) is 14.6 Å². The van der Waals surface area contributed by atoms with E-state index < -0.39 is 23.8 Å².